The van der Waals surface area contributed by atoms with Crippen LogP contribution in [0.3, 0.4) is 0 Å². The van der Waals surface area contributed by atoms with Gasteiger partial charge in [-0.05, 0) is 28.1 Å². The van der Waals surface area contributed by atoms with Crippen LogP contribution in [0.15, 0.2) is 28.7 Å². The molecule has 4 nitrogen and oxygen atoms in total. The number of H-pyrrole nitrogens is 1. The molecular weight excluding hydrogens is 369 g/mol. The molecule has 104 valence electrons. The van der Waals surface area contributed by atoms with E-state index in [4.69, 9.17) is 27.9 Å². The van der Waals surface area contributed by atoms with Crippen LogP contribution in [0, 0.1) is 0 Å². The van der Waals surface area contributed by atoms with E-state index in [-0.39, 0.29) is 33.0 Å². The van der Waals surface area contributed by atoms with Gasteiger partial charge in [-0.3, -0.25) is 9.59 Å². The number of aromatic amines is 1. The van der Waals surface area contributed by atoms with Gasteiger partial charge in [-0.2, -0.15) is 0 Å². The summed E-state index contributed by atoms with van der Waals surface area (Å²) in [5.41, 5.74) is 0.428. The number of esters is 1. The normalized spacial score (nSPS) is 10.4. The topological polar surface area (TPSA) is 59.2 Å². The first-order valence-electron chi connectivity index (χ1n) is 5.46. The fourth-order valence-corrected chi connectivity index (χ4v) is 2.54. The van der Waals surface area contributed by atoms with E-state index in [0.717, 1.165) is 0 Å². The van der Waals surface area contributed by atoms with E-state index >= 15 is 0 Å². The Balaban J connectivity index is 2.48. The number of nitrogens with one attached hydrogen (secondary N) is 1. The van der Waals surface area contributed by atoms with Gasteiger partial charge in [0.25, 0.3) is 0 Å². The molecule has 2 rings (SSSR count). The Labute approximate surface area is 133 Å². The van der Waals surface area contributed by atoms with Crippen molar-refractivity contribution in [1.29, 1.82) is 0 Å². The highest BCUT2D eigenvalue weighted by molar-refractivity contribution is 9.10. The number of aromatic nitrogens is 1. The number of hydrogen-bond acceptors (Lipinski definition) is 3. The monoisotopic (exact) mass is 375 g/mol. The average Bonchev–Trinajstić information content (AvgIpc) is 2.66. The van der Waals surface area contributed by atoms with Crippen molar-refractivity contribution < 1.29 is 14.3 Å². The van der Waals surface area contributed by atoms with Gasteiger partial charge in [0, 0.05) is 6.92 Å². The molecule has 0 saturated heterocycles. The molecule has 2 aromatic rings. The van der Waals surface area contributed by atoms with Crippen LogP contribution >= 0.6 is 39.1 Å². The van der Waals surface area contributed by atoms with Gasteiger partial charge in [0.05, 0.1) is 15.1 Å². The van der Waals surface area contributed by atoms with Crippen molar-refractivity contribution in [2.45, 2.75) is 6.92 Å². The van der Waals surface area contributed by atoms with Crippen LogP contribution in [0.5, 0.6) is 5.75 Å². The second kappa shape index (κ2) is 5.99. The average molecular weight is 377 g/mol. The van der Waals surface area contributed by atoms with Crippen LogP contribution in [0.4, 0.5) is 0 Å². The molecule has 1 N–H and O–H groups in total. The molecule has 7 heteroatoms. The van der Waals surface area contributed by atoms with Crippen LogP contribution in [0.1, 0.15) is 23.0 Å². The highest BCUT2D eigenvalue weighted by atomic mass is 79.9. The van der Waals surface area contributed by atoms with E-state index in [2.05, 4.69) is 20.9 Å². The lowest BCUT2D eigenvalue weighted by Gasteiger charge is -2.07. The van der Waals surface area contributed by atoms with Crippen LogP contribution < -0.4 is 4.74 Å². The summed E-state index contributed by atoms with van der Waals surface area (Å²) in [6.45, 7) is 1.26. The van der Waals surface area contributed by atoms with Crippen molar-refractivity contribution in [2.24, 2.45) is 0 Å². The van der Waals surface area contributed by atoms with Crippen molar-refractivity contribution >= 4 is 50.9 Å². The second-order valence-corrected chi connectivity index (χ2v) is 5.41. The minimum absolute atomic E-state index is 0.159. The van der Waals surface area contributed by atoms with E-state index in [1.165, 1.54) is 13.0 Å². The molecule has 0 aliphatic rings. The lowest BCUT2D eigenvalue weighted by molar-refractivity contribution is -0.131. The molecule has 0 spiro atoms. The Morgan fingerprint density at radius 3 is 2.45 bits per heavy atom. The Hall–Kier alpha value is -1.30. The highest BCUT2D eigenvalue weighted by Gasteiger charge is 2.22. The molecule has 1 aromatic heterocycles. The van der Waals surface area contributed by atoms with Crippen molar-refractivity contribution in [3.63, 3.8) is 0 Å². The fraction of sp³-hybridized carbons (Fsp3) is 0.0769. The number of para-hydroxylation sites is 1. The third-order valence-electron chi connectivity index (χ3n) is 2.45. The van der Waals surface area contributed by atoms with Crippen molar-refractivity contribution in [2.75, 3.05) is 0 Å². The predicted molar refractivity (Wildman–Crippen MR) is 79.7 cm³/mol. The number of halogens is 3. The van der Waals surface area contributed by atoms with Gasteiger partial charge in [0.15, 0.2) is 0 Å². The molecule has 0 aliphatic carbocycles. The fourth-order valence-electron chi connectivity index (χ4n) is 1.61. The molecule has 0 fully saturated rings. The summed E-state index contributed by atoms with van der Waals surface area (Å²) in [5, 5.41) is 0.381. The smallest absolute Gasteiger partial charge is 0.308 e. The number of carbonyl (C=O) groups is 2. The van der Waals surface area contributed by atoms with Crippen LogP contribution in [0.2, 0.25) is 10.2 Å². The third-order valence-corrected chi connectivity index (χ3v) is 4.23. The maximum absolute atomic E-state index is 12.5. The van der Waals surface area contributed by atoms with Gasteiger partial charge in [-0.15, -0.1) is 0 Å². The molecule has 0 aliphatic heterocycles. The first kappa shape index (κ1) is 15.1. The SMILES string of the molecule is CC(=O)Oc1ccccc1C(=O)c1[nH]c(Cl)c(Cl)c1Br. The molecular formula is C13H8BrCl2NO3. The predicted octanol–water partition coefficient (Wildman–Crippen LogP) is 4.24. The summed E-state index contributed by atoms with van der Waals surface area (Å²) in [7, 11) is 0. The summed E-state index contributed by atoms with van der Waals surface area (Å²) in [6, 6.07) is 6.42. The zero-order valence-corrected chi connectivity index (χ0v) is 13.3. The molecule has 0 bridgehead atoms. The van der Waals surface area contributed by atoms with Crippen LogP contribution in [-0.2, 0) is 4.79 Å². The van der Waals surface area contributed by atoms with E-state index in [1.807, 2.05) is 0 Å². The van der Waals surface area contributed by atoms with E-state index < -0.39 is 5.97 Å². The Kier molecular flexibility index (Phi) is 4.52. The molecule has 1 heterocycles. The van der Waals surface area contributed by atoms with Gasteiger partial charge in [0.2, 0.25) is 5.78 Å². The maximum Gasteiger partial charge on any atom is 0.308 e. The van der Waals surface area contributed by atoms with Crippen LogP contribution in [0.25, 0.3) is 0 Å². The van der Waals surface area contributed by atoms with Crippen LogP contribution in [-0.4, -0.2) is 16.7 Å². The van der Waals surface area contributed by atoms with E-state index in [1.54, 1.807) is 18.2 Å². The number of benzene rings is 1. The van der Waals surface area contributed by atoms with E-state index in [0.29, 0.717) is 4.47 Å². The van der Waals surface area contributed by atoms with Gasteiger partial charge >= 0.3 is 5.97 Å². The Morgan fingerprint density at radius 2 is 1.90 bits per heavy atom. The van der Waals surface area contributed by atoms with Gasteiger partial charge in [-0.1, -0.05) is 35.3 Å². The van der Waals surface area contributed by atoms with Gasteiger partial charge in [-0.25, -0.2) is 0 Å². The highest BCUT2D eigenvalue weighted by Crippen LogP contribution is 2.35. The summed E-state index contributed by atoms with van der Waals surface area (Å²) in [5.74, 6) is -0.715. The molecule has 0 amide bonds. The Bertz CT molecular complexity index is 697. The van der Waals surface area contributed by atoms with Gasteiger partial charge < -0.3 is 9.72 Å². The number of rotatable bonds is 3. The Morgan fingerprint density at radius 1 is 1.25 bits per heavy atom. The standard InChI is InChI=1S/C13H8BrCl2NO3/c1-6(18)20-8-5-3-2-4-7(8)12(19)11-9(14)10(15)13(16)17-11/h2-5,17H,1H3. The minimum Gasteiger partial charge on any atom is -0.426 e. The zero-order chi connectivity index (χ0) is 14.9. The van der Waals surface area contributed by atoms with Gasteiger partial charge in [0.1, 0.15) is 16.6 Å². The number of ketones is 1. The molecule has 0 saturated carbocycles. The maximum atomic E-state index is 12.5. The summed E-state index contributed by atoms with van der Waals surface area (Å²) < 4.78 is 5.38. The molecule has 0 unspecified atom stereocenters. The second-order valence-electron chi connectivity index (χ2n) is 3.86. The number of hydrogen-bond donors (Lipinski definition) is 1. The third kappa shape index (κ3) is 2.90. The number of carbonyl (C=O) groups excluding carboxylic acids is 2. The first-order valence-corrected chi connectivity index (χ1v) is 7.01. The summed E-state index contributed by atoms with van der Waals surface area (Å²) in [4.78, 5) is 26.2. The molecule has 0 radical (unpaired) electrons. The van der Waals surface area contributed by atoms with Crippen molar-refractivity contribution in [1.82, 2.24) is 4.98 Å². The quantitative estimate of drug-likeness (QED) is 0.495. The molecule has 1 aromatic carbocycles. The van der Waals surface area contributed by atoms with E-state index in [9.17, 15) is 9.59 Å². The minimum atomic E-state index is -0.508. The van der Waals surface area contributed by atoms with Crippen molar-refractivity contribution in [3.05, 3.63) is 50.2 Å². The summed E-state index contributed by atoms with van der Waals surface area (Å²) in [6.07, 6.45) is 0. The largest absolute Gasteiger partial charge is 0.426 e. The van der Waals surface area contributed by atoms with Crippen molar-refractivity contribution in [3.8, 4) is 5.75 Å². The molecule has 20 heavy (non-hydrogen) atoms. The zero-order valence-electron chi connectivity index (χ0n) is 10.2. The summed E-state index contributed by atoms with van der Waals surface area (Å²) >= 11 is 14.9. The number of ether oxygens (including phenoxy) is 1. The lowest BCUT2D eigenvalue weighted by atomic mass is 10.1. The molecule has 0 atom stereocenters. The lowest BCUT2D eigenvalue weighted by Crippen LogP contribution is -2.09. The first-order chi connectivity index (χ1) is 9.41.